The number of carbonyl (C=O) groups excluding carboxylic acids is 2. The van der Waals surface area contributed by atoms with E-state index in [9.17, 15) is 14.7 Å². The molecule has 1 amide bonds. The summed E-state index contributed by atoms with van der Waals surface area (Å²) in [6, 6.07) is 7.60. The zero-order valence-electron chi connectivity index (χ0n) is 14.9. The minimum absolute atomic E-state index is 0. The van der Waals surface area contributed by atoms with E-state index in [0.29, 0.717) is 12.3 Å². The summed E-state index contributed by atoms with van der Waals surface area (Å²) in [6.45, 7) is 3.85. The topological polar surface area (TPSA) is 69.2 Å². The molecule has 4 nitrogen and oxygen atoms in total. The van der Waals surface area contributed by atoms with E-state index >= 15 is 0 Å². The summed E-state index contributed by atoms with van der Waals surface area (Å²) in [5.41, 5.74) is 0.744. The number of aliphatic carboxylic acids is 1. The van der Waals surface area contributed by atoms with Crippen molar-refractivity contribution in [1.82, 2.24) is 5.32 Å². The molecule has 1 aromatic carbocycles. The Labute approximate surface area is 165 Å². The van der Waals surface area contributed by atoms with Gasteiger partial charge in [-0.3, -0.25) is 4.79 Å². The van der Waals surface area contributed by atoms with Crippen LogP contribution in [0.2, 0.25) is 0 Å². The molecule has 2 saturated carbocycles. The average Bonchev–Trinajstić information content (AvgIpc) is 3.04. The van der Waals surface area contributed by atoms with Gasteiger partial charge in [0, 0.05) is 17.9 Å². The Balaban J connectivity index is 0.00000208. The van der Waals surface area contributed by atoms with Crippen LogP contribution in [0.25, 0.3) is 0 Å². The molecule has 0 aliphatic heterocycles. The van der Waals surface area contributed by atoms with Crippen molar-refractivity contribution in [2.24, 2.45) is 5.92 Å². The van der Waals surface area contributed by atoms with Crippen LogP contribution in [0.1, 0.15) is 56.6 Å². The fourth-order valence-corrected chi connectivity index (χ4v) is 4.21. The molecule has 2 aliphatic carbocycles. The molecular formula is C19H24NNaO3. The second kappa shape index (κ2) is 7.19. The molecular weight excluding hydrogens is 313 g/mol. The molecule has 0 radical (unpaired) electrons. The van der Waals surface area contributed by atoms with Crippen molar-refractivity contribution in [3.63, 3.8) is 0 Å². The van der Waals surface area contributed by atoms with E-state index in [2.05, 4.69) is 5.32 Å². The molecule has 2 fully saturated rings. The second-order valence-corrected chi connectivity index (χ2v) is 7.25. The maximum Gasteiger partial charge on any atom is 1.00 e. The summed E-state index contributed by atoms with van der Waals surface area (Å²) in [7, 11) is 0. The molecule has 0 aromatic heterocycles. The van der Waals surface area contributed by atoms with E-state index in [1.807, 2.05) is 38.1 Å². The third-order valence-electron chi connectivity index (χ3n) is 5.86. The minimum atomic E-state index is -1.18. The summed E-state index contributed by atoms with van der Waals surface area (Å²) in [5.74, 6) is -0.752. The third-order valence-corrected chi connectivity index (χ3v) is 5.86. The zero-order chi connectivity index (χ0) is 16.7. The van der Waals surface area contributed by atoms with Gasteiger partial charge in [-0.1, -0.05) is 43.2 Å². The van der Waals surface area contributed by atoms with Gasteiger partial charge in [0.2, 0.25) is 5.91 Å². The van der Waals surface area contributed by atoms with Gasteiger partial charge in [0.25, 0.3) is 0 Å². The van der Waals surface area contributed by atoms with Gasteiger partial charge in [-0.25, -0.2) is 0 Å². The van der Waals surface area contributed by atoms with Gasteiger partial charge < -0.3 is 15.2 Å². The van der Waals surface area contributed by atoms with Gasteiger partial charge in [-0.15, -0.1) is 0 Å². The van der Waals surface area contributed by atoms with Crippen molar-refractivity contribution in [3.8, 4) is 0 Å². The van der Waals surface area contributed by atoms with E-state index in [1.54, 1.807) is 0 Å². The van der Waals surface area contributed by atoms with Crippen molar-refractivity contribution in [2.75, 3.05) is 0 Å². The Morgan fingerprint density at radius 2 is 2.00 bits per heavy atom. The molecule has 1 aromatic rings. The third kappa shape index (κ3) is 3.42. The number of amides is 1. The first kappa shape index (κ1) is 19.5. The Morgan fingerprint density at radius 1 is 1.33 bits per heavy atom. The molecule has 1 unspecified atom stereocenters. The van der Waals surface area contributed by atoms with Crippen molar-refractivity contribution in [3.05, 3.63) is 35.4 Å². The molecule has 0 heterocycles. The van der Waals surface area contributed by atoms with Gasteiger partial charge in [0.15, 0.2) is 0 Å². The number of hydrogen-bond acceptors (Lipinski definition) is 3. The van der Waals surface area contributed by atoms with Crippen molar-refractivity contribution >= 4 is 11.9 Å². The maximum atomic E-state index is 13.1. The number of hydrogen-bond donors (Lipinski definition) is 1. The standard InChI is InChI=1S/C19H25NO3.Na/c1-3-18(12-16(21)22,14-8-6-13(2)7-9-14)17(23)20-19-10-4-5-15(19)11-19;/h6-9,15H,3-5,10-12H2,1-2H3,(H,20,23)(H,21,22);/q;+1/p-1/t15-,18?,19-;/m1./s1. The minimum Gasteiger partial charge on any atom is -0.550 e. The molecule has 0 saturated heterocycles. The van der Waals surface area contributed by atoms with Crippen LogP contribution in [-0.4, -0.2) is 17.4 Å². The first-order valence-electron chi connectivity index (χ1n) is 8.51. The molecule has 3 rings (SSSR count). The summed E-state index contributed by atoms with van der Waals surface area (Å²) < 4.78 is 0. The Bertz CT molecular complexity index is 630. The summed E-state index contributed by atoms with van der Waals surface area (Å²) in [5, 5.41) is 14.6. The van der Waals surface area contributed by atoms with E-state index in [4.69, 9.17) is 0 Å². The predicted octanol–water partition coefficient (Wildman–Crippen LogP) is -1.15. The summed E-state index contributed by atoms with van der Waals surface area (Å²) >= 11 is 0. The SMILES string of the molecule is CCC(CC(=O)[O-])(C(=O)N[C@@]12CCC[C@@H]1C2)c1ccc(C)cc1.[Na+]. The Kier molecular flexibility index (Phi) is 5.83. The number of fused-ring (bicyclic) bond motifs is 1. The number of carboxylic acid groups (broad SMARTS) is 1. The molecule has 24 heavy (non-hydrogen) atoms. The van der Waals surface area contributed by atoms with Crippen molar-refractivity contribution < 1.29 is 44.3 Å². The average molecular weight is 337 g/mol. The van der Waals surface area contributed by atoms with Crippen LogP contribution in [0.3, 0.4) is 0 Å². The molecule has 1 N–H and O–H groups in total. The number of rotatable bonds is 6. The maximum absolute atomic E-state index is 13.1. The van der Waals surface area contributed by atoms with Gasteiger partial charge >= 0.3 is 29.6 Å². The zero-order valence-corrected chi connectivity index (χ0v) is 16.9. The summed E-state index contributed by atoms with van der Waals surface area (Å²) in [6.07, 6.45) is 4.54. The van der Waals surface area contributed by atoms with Gasteiger partial charge in [0.1, 0.15) is 0 Å². The largest absolute Gasteiger partial charge is 1.00 e. The number of carbonyl (C=O) groups is 2. The van der Waals surface area contributed by atoms with E-state index in [1.165, 1.54) is 6.42 Å². The molecule has 3 atom stereocenters. The Morgan fingerprint density at radius 3 is 2.46 bits per heavy atom. The second-order valence-electron chi connectivity index (χ2n) is 7.25. The molecule has 5 heteroatoms. The number of benzene rings is 1. The first-order valence-corrected chi connectivity index (χ1v) is 8.51. The molecule has 124 valence electrons. The smallest absolute Gasteiger partial charge is 0.550 e. The van der Waals surface area contributed by atoms with Gasteiger partial charge in [-0.05, 0) is 44.1 Å². The fourth-order valence-electron chi connectivity index (χ4n) is 4.21. The van der Waals surface area contributed by atoms with Crippen LogP contribution >= 0.6 is 0 Å². The van der Waals surface area contributed by atoms with Gasteiger partial charge in [0.05, 0.1) is 5.41 Å². The van der Waals surface area contributed by atoms with Crippen LogP contribution in [0.4, 0.5) is 0 Å². The number of aryl methyl sites for hydroxylation is 1. The van der Waals surface area contributed by atoms with E-state index < -0.39 is 11.4 Å². The first-order chi connectivity index (χ1) is 10.9. The molecule has 0 spiro atoms. The number of nitrogens with one attached hydrogen (secondary N) is 1. The fraction of sp³-hybridized carbons (Fsp3) is 0.579. The van der Waals surface area contributed by atoms with Crippen LogP contribution in [0, 0.1) is 12.8 Å². The predicted molar refractivity (Wildman–Crippen MR) is 85.6 cm³/mol. The van der Waals surface area contributed by atoms with Crippen LogP contribution in [0.5, 0.6) is 0 Å². The molecule has 2 aliphatic rings. The molecule has 0 bridgehead atoms. The quantitative estimate of drug-likeness (QED) is 0.666. The van der Waals surface area contributed by atoms with E-state index in [0.717, 1.165) is 30.4 Å². The monoisotopic (exact) mass is 337 g/mol. The Hall–Kier alpha value is -0.840. The summed E-state index contributed by atoms with van der Waals surface area (Å²) in [4.78, 5) is 24.5. The van der Waals surface area contributed by atoms with Crippen molar-refractivity contribution in [1.29, 1.82) is 0 Å². The normalized spacial score (nSPS) is 26.7. The number of carboxylic acids is 1. The van der Waals surface area contributed by atoms with Crippen molar-refractivity contribution in [2.45, 2.75) is 63.3 Å². The van der Waals surface area contributed by atoms with Crippen LogP contribution in [0.15, 0.2) is 24.3 Å². The van der Waals surface area contributed by atoms with Crippen LogP contribution < -0.4 is 40.0 Å². The van der Waals surface area contributed by atoms with Gasteiger partial charge in [-0.2, -0.15) is 0 Å². The van der Waals surface area contributed by atoms with E-state index in [-0.39, 0.29) is 47.4 Å². The van der Waals surface area contributed by atoms with Crippen LogP contribution in [-0.2, 0) is 15.0 Å².